The first-order chi connectivity index (χ1) is 13.5. The molecule has 4 rings (SSSR count). The summed E-state index contributed by atoms with van der Waals surface area (Å²) in [4.78, 5) is 17.8. The van der Waals surface area contributed by atoms with E-state index in [2.05, 4.69) is 9.97 Å². The fraction of sp³-hybridized carbons (Fsp3) is 0.105. The number of nitrogens with two attached hydrogens (primary N) is 1. The number of H-pyrrole nitrogens is 2. The van der Waals surface area contributed by atoms with Crippen molar-refractivity contribution in [2.75, 3.05) is 7.11 Å². The Balaban J connectivity index is 1.84. The van der Waals surface area contributed by atoms with Crippen molar-refractivity contribution in [3.8, 4) is 29.0 Å². The van der Waals surface area contributed by atoms with E-state index in [1.807, 2.05) is 30.3 Å². The molecular weight excluding hydrogens is 380 g/mol. The number of aromatic nitrogens is 2. The summed E-state index contributed by atoms with van der Waals surface area (Å²) in [7, 11) is 1.59. The summed E-state index contributed by atoms with van der Waals surface area (Å²) in [5, 5.41) is 9.58. The summed E-state index contributed by atoms with van der Waals surface area (Å²) < 4.78 is 16.6. The molecule has 1 aromatic carbocycles. The molecule has 3 aromatic rings. The van der Waals surface area contributed by atoms with Gasteiger partial charge in [0.25, 0.3) is 5.56 Å². The third kappa shape index (κ3) is 2.86. The Kier molecular flexibility index (Phi) is 4.25. The summed E-state index contributed by atoms with van der Waals surface area (Å²) in [5.41, 5.74) is 6.49. The molecule has 0 bridgehead atoms. The van der Waals surface area contributed by atoms with Crippen molar-refractivity contribution in [1.29, 1.82) is 5.26 Å². The van der Waals surface area contributed by atoms with Gasteiger partial charge in [-0.15, -0.1) is 0 Å². The minimum Gasteiger partial charge on any atom is -0.497 e. The van der Waals surface area contributed by atoms with Crippen LogP contribution < -0.4 is 20.8 Å². The molecule has 2 aromatic heterocycles. The molecule has 0 saturated heterocycles. The van der Waals surface area contributed by atoms with Crippen LogP contribution in [0.15, 0.2) is 57.1 Å². The van der Waals surface area contributed by atoms with Crippen molar-refractivity contribution in [2.24, 2.45) is 5.73 Å². The Bertz CT molecular complexity index is 1240. The quantitative estimate of drug-likeness (QED) is 0.582. The molecule has 0 unspecified atom stereocenters. The number of allylic oxidation sites excluding steroid dienone is 1. The van der Waals surface area contributed by atoms with Gasteiger partial charge in [0, 0.05) is 5.56 Å². The lowest BCUT2D eigenvalue weighted by atomic mass is 9.89. The number of nitrogens with zero attached hydrogens (tertiary/aromatic N) is 1. The van der Waals surface area contributed by atoms with E-state index in [0.717, 1.165) is 11.3 Å². The molecule has 0 fully saturated rings. The maximum absolute atomic E-state index is 12.5. The van der Waals surface area contributed by atoms with Gasteiger partial charge in [0.05, 0.1) is 18.6 Å². The van der Waals surface area contributed by atoms with Gasteiger partial charge in [0.15, 0.2) is 4.77 Å². The number of aromatic amines is 2. The standard InChI is InChI=1S/C19H14N4O4S/c1-25-10-4-2-9(3-5-10)12-6-7-13(26-12)14-11(8-20)16(21)27-18-15(14)17(24)22-19(28)23-18/h2-7,14H,21H2,1H3,(H2,22,23,24,28)/t14-/m1/s1. The van der Waals surface area contributed by atoms with Gasteiger partial charge in [-0.25, -0.2) is 0 Å². The second kappa shape index (κ2) is 6.75. The van der Waals surface area contributed by atoms with Gasteiger partial charge >= 0.3 is 0 Å². The maximum atomic E-state index is 12.5. The van der Waals surface area contributed by atoms with E-state index in [9.17, 15) is 10.1 Å². The topological polar surface area (TPSA) is 130 Å². The predicted molar refractivity (Wildman–Crippen MR) is 102 cm³/mol. The summed E-state index contributed by atoms with van der Waals surface area (Å²) >= 11 is 4.98. The van der Waals surface area contributed by atoms with Crippen LogP contribution in [0.25, 0.3) is 11.3 Å². The Labute approximate surface area is 163 Å². The molecule has 3 heterocycles. The number of hydrogen-bond donors (Lipinski definition) is 3. The second-order valence-corrected chi connectivity index (χ2v) is 6.41. The lowest BCUT2D eigenvalue weighted by Crippen LogP contribution is -2.28. The zero-order valence-electron chi connectivity index (χ0n) is 14.6. The highest BCUT2D eigenvalue weighted by Crippen LogP contribution is 2.40. The van der Waals surface area contributed by atoms with Crippen molar-refractivity contribution >= 4 is 12.2 Å². The van der Waals surface area contributed by atoms with Crippen LogP contribution >= 0.6 is 12.2 Å². The molecule has 140 valence electrons. The molecule has 0 spiro atoms. The first kappa shape index (κ1) is 17.6. The third-order valence-corrected chi connectivity index (χ3v) is 4.61. The van der Waals surface area contributed by atoms with E-state index in [-0.39, 0.29) is 27.7 Å². The number of nitrogens with one attached hydrogen (secondary N) is 2. The average Bonchev–Trinajstić information content (AvgIpc) is 3.16. The minimum absolute atomic E-state index is 0.0825. The lowest BCUT2D eigenvalue weighted by molar-refractivity contribution is 0.366. The number of rotatable bonds is 3. The number of fused-ring (bicyclic) bond motifs is 1. The molecule has 9 heteroatoms. The van der Waals surface area contributed by atoms with E-state index >= 15 is 0 Å². The minimum atomic E-state index is -0.823. The normalized spacial score (nSPS) is 15.5. The van der Waals surface area contributed by atoms with Gasteiger partial charge in [0.1, 0.15) is 28.9 Å². The number of ether oxygens (including phenoxy) is 2. The van der Waals surface area contributed by atoms with E-state index in [0.29, 0.717) is 11.5 Å². The van der Waals surface area contributed by atoms with E-state index in [1.165, 1.54) is 0 Å². The Morgan fingerprint density at radius 3 is 2.64 bits per heavy atom. The number of benzene rings is 1. The van der Waals surface area contributed by atoms with Crippen molar-refractivity contribution in [3.63, 3.8) is 0 Å². The lowest BCUT2D eigenvalue weighted by Gasteiger charge is -2.23. The molecule has 8 nitrogen and oxygen atoms in total. The highest BCUT2D eigenvalue weighted by atomic mass is 32.1. The van der Waals surface area contributed by atoms with Gasteiger partial charge < -0.3 is 24.6 Å². The van der Waals surface area contributed by atoms with E-state index in [1.54, 1.807) is 19.2 Å². The molecule has 28 heavy (non-hydrogen) atoms. The van der Waals surface area contributed by atoms with Crippen LogP contribution in [-0.2, 0) is 0 Å². The summed E-state index contributed by atoms with van der Waals surface area (Å²) in [6.07, 6.45) is 0. The SMILES string of the molecule is COc1ccc(-c2ccc([C@H]3C(C#N)=C(N)Oc4[nH]c(=S)[nH]c(=O)c43)o2)cc1. The summed E-state index contributed by atoms with van der Waals surface area (Å²) in [6.45, 7) is 0. The first-order valence-electron chi connectivity index (χ1n) is 8.20. The van der Waals surface area contributed by atoms with Crippen molar-refractivity contribution < 1.29 is 13.9 Å². The molecule has 0 saturated carbocycles. The van der Waals surface area contributed by atoms with Gasteiger partial charge in [-0.1, -0.05) is 0 Å². The Hall–Kier alpha value is -3.77. The monoisotopic (exact) mass is 394 g/mol. The van der Waals surface area contributed by atoms with Crippen LogP contribution in [0.1, 0.15) is 17.2 Å². The molecule has 0 aliphatic carbocycles. The van der Waals surface area contributed by atoms with Gasteiger partial charge in [-0.3, -0.25) is 9.78 Å². The number of furan rings is 1. The van der Waals surface area contributed by atoms with E-state index < -0.39 is 11.5 Å². The van der Waals surface area contributed by atoms with Gasteiger partial charge in [-0.2, -0.15) is 5.26 Å². The second-order valence-electron chi connectivity index (χ2n) is 6.01. The fourth-order valence-corrected chi connectivity index (χ4v) is 3.28. The third-order valence-electron chi connectivity index (χ3n) is 4.40. The summed E-state index contributed by atoms with van der Waals surface area (Å²) in [6, 6.07) is 12.8. The molecular formula is C19H14N4O4S. The van der Waals surface area contributed by atoms with Gasteiger partial charge in [0.2, 0.25) is 11.8 Å². The molecule has 0 amide bonds. The Morgan fingerprint density at radius 1 is 1.21 bits per heavy atom. The van der Waals surface area contributed by atoms with Crippen LogP contribution in [0.3, 0.4) is 0 Å². The molecule has 1 aliphatic rings. The van der Waals surface area contributed by atoms with Crippen LogP contribution in [0.4, 0.5) is 0 Å². The fourth-order valence-electron chi connectivity index (χ4n) is 3.09. The summed E-state index contributed by atoms with van der Waals surface area (Å²) in [5.74, 6) is 0.832. The number of hydrogen-bond acceptors (Lipinski definition) is 7. The Morgan fingerprint density at radius 2 is 1.96 bits per heavy atom. The van der Waals surface area contributed by atoms with E-state index in [4.69, 9.17) is 31.8 Å². The van der Waals surface area contributed by atoms with Crippen molar-refractivity contribution in [3.05, 3.63) is 74.3 Å². The number of methoxy groups -OCH3 is 1. The zero-order valence-corrected chi connectivity index (χ0v) is 15.4. The largest absolute Gasteiger partial charge is 0.497 e. The highest BCUT2D eigenvalue weighted by molar-refractivity contribution is 7.71. The van der Waals surface area contributed by atoms with Crippen molar-refractivity contribution in [2.45, 2.75) is 5.92 Å². The smallest absolute Gasteiger partial charge is 0.259 e. The van der Waals surface area contributed by atoms with Crippen LogP contribution in [0.2, 0.25) is 0 Å². The van der Waals surface area contributed by atoms with Crippen LogP contribution in [0, 0.1) is 16.1 Å². The first-order valence-corrected chi connectivity index (χ1v) is 8.61. The van der Waals surface area contributed by atoms with Gasteiger partial charge in [-0.05, 0) is 48.6 Å². The molecule has 4 N–H and O–H groups in total. The predicted octanol–water partition coefficient (Wildman–Crippen LogP) is 2.92. The van der Waals surface area contributed by atoms with Crippen molar-refractivity contribution in [1.82, 2.24) is 9.97 Å². The molecule has 1 atom stereocenters. The number of nitriles is 1. The van der Waals surface area contributed by atoms with Crippen LogP contribution in [0.5, 0.6) is 11.6 Å². The zero-order chi connectivity index (χ0) is 19.8. The molecule has 0 radical (unpaired) electrons. The highest BCUT2D eigenvalue weighted by Gasteiger charge is 2.36. The maximum Gasteiger partial charge on any atom is 0.259 e. The average molecular weight is 394 g/mol. The molecule has 1 aliphatic heterocycles. The van der Waals surface area contributed by atoms with Crippen LogP contribution in [-0.4, -0.2) is 17.1 Å².